The first-order valence-corrected chi connectivity index (χ1v) is 58.5. The Labute approximate surface area is 921 Å². The summed E-state index contributed by atoms with van der Waals surface area (Å²) in [6.45, 7) is 41.2. The summed E-state index contributed by atoms with van der Waals surface area (Å²) in [5.41, 5.74) is 10.4. The number of anilines is 4. The molecule has 4 aromatic carbocycles. The number of nitrogens with zero attached hydrogens (tertiary/aromatic N) is 14. The zero-order valence-corrected chi connectivity index (χ0v) is 95.0. The van der Waals surface area contributed by atoms with E-state index in [0.717, 1.165) is 108 Å². The zero-order chi connectivity index (χ0) is 108. The third-order valence-electron chi connectivity index (χ3n) is 25.2. The first-order valence-electron chi connectivity index (χ1n) is 48.4. The van der Waals surface area contributed by atoms with E-state index in [2.05, 4.69) is 76.3 Å². The van der Waals surface area contributed by atoms with Gasteiger partial charge in [0.15, 0.2) is 20.5 Å². The summed E-state index contributed by atoms with van der Waals surface area (Å²) in [4.78, 5) is 189. The Morgan fingerprint density at radius 3 is 0.847 bits per heavy atom. The first-order chi connectivity index (χ1) is 72.3. The largest absolute Gasteiger partial charge is 0.496 e. The minimum Gasteiger partial charge on any atom is -0.496 e. The van der Waals surface area contributed by atoms with Crippen LogP contribution in [0, 0.1) is 41.5 Å². The van der Waals surface area contributed by atoms with Gasteiger partial charge in [-0.2, -0.15) is 22.7 Å². The maximum atomic E-state index is 13.8. The van der Waals surface area contributed by atoms with Gasteiger partial charge in [-0.1, -0.05) is 159 Å². The van der Waals surface area contributed by atoms with Gasteiger partial charge >= 0.3 is 0 Å². The molecule has 0 spiro atoms. The second-order valence-electron chi connectivity index (χ2n) is 35.1. The summed E-state index contributed by atoms with van der Waals surface area (Å²) in [5, 5.41) is 24.0. The highest BCUT2D eigenvalue weighted by Crippen LogP contribution is 2.44. The molecule has 8 aromatic heterocycles. The lowest BCUT2D eigenvalue weighted by Gasteiger charge is -2.30. The molecular weight excluding hydrogens is 2130 g/mol. The van der Waals surface area contributed by atoms with Crippen LogP contribution >= 0.6 is 138 Å². The number of carbonyl (C=O) groups excluding carboxylic acids is 12. The fourth-order valence-electron chi connectivity index (χ4n) is 17.2. The molecule has 4 saturated heterocycles. The molecule has 788 valence electrons. The second-order valence-corrected chi connectivity index (χ2v) is 47.5. The molecule has 16 rings (SSSR count). The minimum absolute atomic E-state index is 0.0151. The molecule has 150 heavy (non-hydrogen) atoms. The van der Waals surface area contributed by atoms with E-state index >= 15 is 0 Å². The van der Waals surface area contributed by atoms with Gasteiger partial charge in [-0.05, 0) is 233 Å². The highest BCUT2D eigenvalue weighted by atomic mass is 32.2. The van der Waals surface area contributed by atoms with E-state index in [1.807, 2.05) is 168 Å². The monoisotopic (exact) mass is 2250 g/mol. The first kappa shape index (κ1) is 115. The van der Waals surface area contributed by atoms with Crippen molar-refractivity contribution in [2.75, 3.05) is 114 Å². The van der Waals surface area contributed by atoms with Crippen molar-refractivity contribution < 1.29 is 67.0 Å². The van der Waals surface area contributed by atoms with Gasteiger partial charge in [-0.15, -0.1) is 0 Å². The lowest BCUT2D eigenvalue weighted by molar-refractivity contribution is -0.128. The van der Waals surface area contributed by atoms with Crippen molar-refractivity contribution >= 4 is 230 Å². The molecule has 12 aromatic rings. The summed E-state index contributed by atoms with van der Waals surface area (Å²) in [6.07, 6.45) is 21.2. The predicted octanol–water partition coefficient (Wildman–Crippen LogP) is 21.6. The van der Waals surface area contributed by atoms with Crippen LogP contribution in [0.2, 0.25) is 0 Å². The van der Waals surface area contributed by atoms with Crippen LogP contribution in [-0.4, -0.2) is 256 Å². The smallest absolute Gasteiger partial charge is 0.259 e. The Morgan fingerprint density at radius 2 is 0.607 bits per heavy atom. The fraction of sp³-hybridized carbons (Fsp3) is 0.340. The molecule has 0 radical (unpaired) electrons. The second kappa shape index (κ2) is 55.1. The van der Waals surface area contributed by atoms with Gasteiger partial charge in [0, 0.05) is 155 Å². The quantitative estimate of drug-likeness (QED) is 0.0304. The number of thiophene rings is 2. The van der Waals surface area contributed by atoms with Crippen molar-refractivity contribution in [2.45, 2.75) is 181 Å². The van der Waals surface area contributed by atoms with Crippen LogP contribution in [0.4, 0.5) is 20.5 Å². The molecule has 4 fully saturated rings. The molecule has 0 saturated carbocycles. The molecule has 32 nitrogen and oxygen atoms in total. The summed E-state index contributed by atoms with van der Waals surface area (Å²) >= 11 is 16.9. The van der Waals surface area contributed by atoms with Gasteiger partial charge in [0.25, 0.3) is 47.3 Å². The van der Waals surface area contributed by atoms with E-state index in [1.54, 1.807) is 72.7 Å². The average molecular weight is 2250 g/mol. The number of ether oxygens (including phenoxy) is 2. The average Bonchev–Trinajstić information content (AvgIpc) is 1.13. The van der Waals surface area contributed by atoms with Crippen molar-refractivity contribution in [3.63, 3.8) is 0 Å². The number of benzene rings is 4. The van der Waals surface area contributed by atoms with E-state index in [1.165, 1.54) is 175 Å². The predicted molar refractivity (Wildman–Crippen MR) is 603 cm³/mol. The number of hydrogen-bond acceptors (Lipinski definition) is 32. The van der Waals surface area contributed by atoms with Gasteiger partial charge in [0.05, 0.1) is 102 Å². The third kappa shape index (κ3) is 29.7. The maximum Gasteiger partial charge on any atom is 0.259 e. The molecule has 4 atom stereocenters. The molecule has 0 bridgehead atoms. The number of aryl methyl sites for hydroxylation is 6. The molecular formula is C106H118N18O14S12. The highest BCUT2D eigenvalue weighted by Gasteiger charge is 2.37. The van der Waals surface area contributed by atoms with Gasteiger partial charge < -0.3 is 48.7 Å². The number of thiazole rings is 4. The Morgan fingerprint density at radius 1 is 0.347 bits per heavy atom. The van der Waals surface area contributed by atoms with E-state index in [9.17, 15) is 57.5 Å². The molecule has 4 aliphatic rings. The number of rotatable bonds is 30. The lowest BCUT2D eigenvalue weighted by atomic mass is 10.0. The fourth-order valence-corrected chi connectivity index (χ4v) is 27.3. The third-order valence-corrected chi connectivity index (χ3v) is 36.5. The highest BCUT2D eigenvalue weighted by molar-refractivity contribution is 8.02. The number of amides is 12. The SMILES string of the molecule is C=CC(=O)N1CCCN(C(=O)c2cc(Sc3cnc(NC(=O)c4ccsc4)s3)c(C)cc2C)C[C@H]1CC.C=CC(=O)N1CCCN(C(=O)c2cc(Sc3cnc(NC(=O)c4ccsc4)s3)c(C)cc2OC)C[C@H]1CC.C=CC(=O)N1CCCN(C(=O)c2cc(Sc3cnc(NC(=O)c4cnsc4)s3)c(C)cc2C)C[C@H]1CC.C=CC(=O)N1CCCN(C(=O)c2cc(Sc3cnc(NC(=O)c4cnsc4)s3)c(C)cc2OC)C[C@H]1CC. The lowest BCUT2D eigenvalue weighted by Crippen LogP contribution is -2.44. The Bertz CT molecular complexity index is 6460. The Balaban J connectivity index is 0.000000167. The normalized spacial score (nSPS) is 15.7. The molecule has 0 aliphatic carbocycles. The van der Waals surface area contributed by atoms with Gasteiger partial charge in [0.2, 0.25) is 23.6 Å². The number of hydrogen-bond donors (Lipinski definition) is 4. The van der Waals surface area contributed by atoms with Crippen LogP contribution in [0.1, 0.15) is 195 Å². The van der Waals surface area contributed by atoms with Gasteiger partial charge in [-0.25, -0.2) is 28.7 Å². The number of carbonyl (C=O) groups is 12. The summed E-state index contributed by atoms with van der Waals surface area (Å²) < 4.78 is 22.7. The van der Waals surface area contributed by atoms with Crippen molar-refractivity contribution in [2.24, 2.45) is 0 Å². The van der Waals surface area contributed by atoms with Gasteiger partial charge in [0.1, 0.15) is 11.5 Å². The van der Waals surface area contributed by atoms with Gasteiger partial charge in [-0.3, -0.25) is 78.8 Å². The molecule has 12 heterocycles. The van der Waals surface area contributed by atoms with Crippen LogP contribution in [0.15, 0.2) is 217 Å². The van der Waals surface area contributed by atoms with E-state index in [-0.39, 0.29) is 95.1 Å². The molecule has 44 heteroatoms. The van der Waals surface area contributed by atoms with Crippen LogP contribution in [0.3, 0.4) is 0 Å². The molecule has 4 aliphatic heterocycles. The topological polar surface area (TPSA) is 375 Å². The van der Waals surface area contributed by atoms with Crippen LogP contribution in [0.25, 0.3) is 0 Å². The number of methoxy groups -OCH3 is 2. The van der Waals surface area contributed by atoms with Crippen LogP contribution in [0.5, 0.6) is 11.5 Å². The van der Waals surface area contributed by atoms with E-state index in [4.69, 9.17) is 9.47 Å². The number of nitrogens with one attached hydrogen (secondary N) is 4. The van der Waals surface area contributed by atoms with Crippen LogP contribution < -0.4 is 30.7 Å². The minimum atomic E-state index is -0.255. The number of aromatic nitrogens is 6. The van der Waals surface area contributed by atoms with Crippen molar-refractivity contribution in [1.29, 1.82) is 0 Å². The van der Waals surface area contributed by atoms with E-state index < -0.39 is 0 Å². The molecule has 12 amide bonds. The van der Waals surface area contributed by atoms with Crippen molar-refractivity contribution in [3.05, 3.63) is 259 Å². The summed E-state index contributed by atoms with van der Waals surface area (Å²) in [6, 6.07) is 18.8. The Kier molecular flexibility index (Phi) is 42.2. The van der Waals surface area contributed by atoms with Crippen molar-refractivity contribution in [3.8, 4) is 11.5 Å². The van der Waals surface area contributed by atoms with Crippen LogP contribution in [-0.2, 0) is 19.2 Å². The summed E-state index contributed by atoms with van der Waals surface area (Å²) in [7, 11) is 3.12. The van der Waals surface area contributed by atoms with Crippen molar-refractivity contribution in [1.82, 2.24) is 67.9 Å². The maximum absolute atomic E-state index is 13.8. The molecule has 4 N–H and O–H groups in total. The standard InChI is InChI=1S/C27H30N4O4S3.C27H30N4O3S3.C26H29N5O4S3.C26H29N5O3S3/c1-5-19-15-30(9-7-10-31(19)23(32)6-2)26(34)20-13-22(17(3)12-21(20)35-4)37-24-14-28-27(38-24)29-25(33)18-8-11-36-16-18;1-5-20-15-30(9-7-10-31(20)23(32)6-2)26(34)21-13-22(18(4)12-17(21)3)36-24-14-28-27(37-24)29-25(33)19-8-11-35-16-19;1-5-18-14-30(8-7-9-31(18)22(32)6-2)25(34)19-11-21(16(3)10-20(19)35-4)37-23-13-27-26(38-23)29-24(33)17-12-28-36-15-17;1-5-19-14-30(8-7-9-31(19)22(32)6-2)25(34)20-11-21(17(4)10-16(20)3)36-23-13-27-26(37-23)29-24(33)18-12-28-35-15-18/h6,8,11-14,16,19H,2,5,7,9-10,15H2,1,3-4H3,(H,28,29,33);6,8,11-14,16,20H,2,5,7,9-10,15H2,1,3-4H3,(H,28,29,33);6,10-13,15,18H,2,5,7-9,14H2,1,3-4H3,(H,27,29,33);6,10-13,15,19H,2,5,7-9,14H2,1,3-4H3,(H,27,29,33)/t19-;20-;18-;19-/m1111/s1. The summed E-state index contributed by atoms with van der Waals surface area (Å²) in [5.74, 6) is -0.505. The zero-order valence-electron chi connectivity index (χ0n) is 85.2. The van der Waals surface area contributed by atoms with E-state index in [0.29, 0.717) is 168 Å². The molecule has 0 unspecified atom stereocenters. The Hall–Kier alpha value is -12.3.